The highest BCUT2D eigenvalue weighted by atomic mass is 16.4. The quantitative estimate of drug-likeness (QED) is 0.762. The number of hydrogen-bond donors (Lipinski definition) is 3. The summed E-state index contributed by atoms with van der Waals surface area (Å²) in [5.41, 5.74) is 4.62. The normalized spacial score (nSPS) is 15.9. The highest BCUT2D eigenvalue weighted by Crippen LogP contribution is 2.28. The van der Waals surface area contributed by atoms with Crippen molar-refractivity contribution in [2.24, 2.45) is 0 Å². The van der Waals surface area contributed by atoms with E-state index in [1.807, 2.05) is 0 Å². The zero-order valence-electron chi connectivity index (χ0n) is 14.6. The SMILES string of the molecule is CCc1cc(C(=O)O)c2[nH]c(C)c(CCCN3CCNCC3)c2c1. The van der Waals surface area contributed by atoms with Crippen LogP contribution >= 0.6 is 0 Å². The Balaban J connectivity index is 1.83. The molecule has 0 unspecified atom stereocenters. The van der Waals surface area contributed by atoms with Crippen LogP contribution in [-0.2, 0) is 12.8 Å². The number of carboxylic acids is 1. The Morgan fingerprint density at radius 2 is 2.04 bits per heavy atom. The lowest BCUT2D eigenvalue weighted by Crippen LogP contribution is -2.43. The van der Waals surface area contributed by atoms with E-state index in [1.165, 1.54) is 5.56 Å². The second-order valence-electron chi connectivity index (χ2n) is 6.65. The maximum Gasteiger partial charge on any atom is 0.337 e. The largest absolute Gasteiger partial charge is 0.478 e. The van der Waals surface area contributed by atoms with Crippen molar-refractivity contribution in [3.8, 4) is 0 Å². The maximum atomic E-state index is 11.6. The van der Waals surface area contributed by atoms with E-state index in [-0.39, 0.29) is 0 Å². The first-order valence-electron chi connectivity index (χ1n) is 8.90. The number of fused-ring (bicyclic) bond motifs is 1. The topological polar surface area (TPSA) is 68.4 Å². The lowest BCUT2D eigenvalue weighted by atomic mass is 9.99. The molecule has 130 valence electrons. The molecule has 2 heterocycles. The molecule has 1 aliphatic rings. The van der Waals surface area contributed by atoms with Crippen LogP contribution in [0.15, 0.2) is 12.1 Å². The van der Waals surface area contributed by atoms with Crippen LogP contribution in [0.1, 0.15) is 40.5 Å². The molecule has 3 N–H and O–H groups in total. The Kier molecular flexibility index (Phi) is 5.21. The van der Waals surface area contributed by atoms with E-state index in [4.69, 9.17) is 0 Å². The van der Waals surface area contributed by atoms with Gasteiger partial charge in [-0.2, -0.15) is 0 Å². The third-order valence-corrected chi connectivity index (χ3v) is 5.04. The van der Waals surface area contributed by atoms with Gasteiger partial charge in [-0.1, -0.05) is 6.92 Å². The number of rotatable bonds is 6. The Hall–Kier alpha value is -1.85. The molecule has 0 amide bonds. The number of nitrogens with one attached hydrogen (secondary N) is 2. The van der Waals surface area contributed by atoms with Gasteiger partial charge in [0.1, 0.15) is 0 Å². The van der Waals surface area contributed by atoms with Crippen molar-refractivity contribution < 1.29 is 9.90 Å². The molecular formula is C19H27N3O2. The molecule has 3 rings (SSSR count). The van der Waals surface area contributed by atoms with Gasteiger partial charge in [-0.05, 0) is 56.0 Å². The van der Waals surface area contributed by atoms with Crippen LogP contribution in [0.3, 0.4) is 0 Å². The zero-order chi connectivity index (χ0) is 17.1. The van der Waals surface area contributed by atoms with E-state index in [2.05, 4.69) is 35.1 Å². The molecule has 1 aliphatic heterocycles. The molecule has 1 saturated heterocycles. The van der Waals surface area contributed by atoms with Crippen LogP contribution < -0.4 is 5.32 Å². The van der Waals surface area contributed by atoms with Crippen LogP contribution in [0.25, 0.3) is 10.9 Å². The number of benzene rings is 1. The summed E-state index contributed by atoms with van der Waals surface area (Å²) in [5, 5.41) is 14.0. The van der Waals surface area contributed by atoms with Crippen molar-refractivity contribution in [3.05, 3.63) is 34.5 Å². The first-order valence-corrected chi connectivity index (χ1v) is 8.90. The summed E-state index contributed by atoms with van der Waals surface area (Å²) in [4.78, 5) is 17.4. The Morgan fingerprint density at radius 3 is 2.71 bits per heavy atom. The van der Waals surface area contributed by atoms with Crippen molar-refractivity contribution in [2.45, 2.75) is 33.1 Å². The fourth-order valence-electron chi connectivity index (χ4n) is 3.65. The number of carbonyl (C=O) groups is 1. The van der Waals surface area contributed by atoms with Gasteiger partial charge in [-0.15, -0.1) is 0 Å². The van der Waals surface area contributed by atoms with Gasteiger partial charge in [-0.25, -0.2) is 4.79 Å². The van der Waals surface area contributed by atoms with Crippen LogP contribution in [0.4, 0.5) is 0 Å². The first-order chi connectivity index (χ1) is 11.6. The van der Waals surface area contributed by atoms with Crippen molar-refractivity contribution in [2.75, 3.05) is 32.7 Å². The summed E-state index contributed by atoms with van der Waals surface area (Å²) < 4.78 is 0. The number of H-pyrrole nitrogens is 1. The molecule has 0 radical (unpaired) electrons. The second kappa shape index (κ2) is 7.36. The molecule has 0 atom stereocenters. The van der Waals surface area contributed by atoms with Gasteiger partial charge in [0.2, 0.25) is 0 Å². The number of carboxylic acid groups (broad SMARTS) is 1. The molecular weight excluding hydrogens is 302 g/mol. The number of aromatic nitrogens is 1. The summed E-state index contributed by atoms with van der Waals surface area (Å²) >= 11 is 0. The predicted octanol–water partition coefficient (Wildman–Crippen LogP) is 2.57. The predicted molar refractivity (Wildman–Crippen MR) is 97.0 cm³/mol. The molecule has 1 aromatic carbocycles. The molecule has 5 heteroatoms. The average molecular weight is 329 g/mol. The Labute approximate surface area is 143 Å². The summed E-state index contributed by atoms with van der Waals surface area (Å²) in [6.07, 6.45) is 2.94. The minimum atomic E-state index is -0.857. The molecule has 0 aliphatic carbocycles. The van der Waals surface area contributed by atoms with E-state index >= 15 is 0 Å². The molecule has 0 bridgehead atoms. The van der Waals surface area contributed by atoms with Crippen LogP contribution in [-0.4, -0.2) is 53.7 Å². The average Bonchev–Trinajstić information content (AvgIpc) is 2.90. The van der Waals surface area contributed by atoms with E-state index in [9.17, 15) is 9.90 Å². The number of piperazine rings is 1. The second-order valence-corrected chi connectivity index (χ2v) is 6.65. The van der Waals surface area contributed by atoms with Gasteiger partial charge < -0.3 is 20.3 Å². The number of aromatic carboxylic acids is 1. The Morgan fingerprint density at radius 1 is 1.29 bits per heavy atom. The number of nitrogens with zero attached hydrogens (tertiary/aromatic N) is 1. The molecule has 1 fully saturated rings. The molecule has 24 heavy (non-hydrogen) atoms. The van der Waals surface area contributed by atoms with Crippen molar-refractivity contribution >= 4 is 16.9 Å². The highest BCUT2D eigenvalue weighted by molar-refractivity contribution is 6.03. The molecule has 1 aromatic heterocycles. The molecule has 0 spiro atoms. The highest BCUT2D eigenvalue weighted by Gasteiger charge is 2.17. The van der Waals surface area contributed by atoms with E-state index in [0.717, 1.165) is 74.1 Å². The fourth-order valence-corrected chi connectivity index (χ4v) is 3.65. The minimum Gasteiger partial charge on any atom is -0.478 e. The standard InChI is InChI=1S/C19H27N3O2/c1-3-14-11-16-15(5-4-8-22-9-6-20-7-10-22)13(2)21-18(16)17(12-14)19(23)24/h11-12,20-21H,3-10H2,1-2H3,(H,23,24). The van der Waals surface area contributed by atoms with E-state index in [1.54, 1.807) is 6.07 Å². The van der Waals surface area contributed by atoms with Crippen molar-refractivity contribution in [1.29, 1.82) is 0 Å². The lowest BCUT2D eigenvalue weighted by Gasteiger charge is -2.27. The van der Waals surface area contributed by atoms with Gasteiger partial charge in [0.15, 0.2) is 0 Å². The van der Waals surface area contributed by atoms with Crippen molar-refractivity contribution in [1.82, 2.24) is 15.2 Å². The maximum absolute atomic E-state index is 11.6. The third-order valence-electron chi connectivity index (χ3n) is 5.04. The van der Waals surface area contributed by atoms with E-state index in [0.29, 0.717) is 5.56 Å². The number of hydrogen-bond acceptors (Lipinski definition) is 3. The Bertz CT molecular complexity index is 730. The number of aromatic amines is 1. The van der Waals surface area contributed by atoms with Crippen LogP contribution in [0, 0.1) is 6.92 Å². The molecule has 0 saturated carbocycles. The van der Waals surface area contributed by atoms with Gasteiger partial charge >= 0.3 is 5.97 Å². The van der Waals surface area contributed by atoms with Crippen LogP contribution in [0.2, 0.25) is 0 Å². The van der Waals surface area contributed by atoms with Gasteiger partial charge in [0.05, 0.1) is 11.1 Å². The van der Waals surface area contributed by atoms with Crippen molar-refractivity contribution in [3.63, 3.8) is 0 Å². The van der Waals surface area contributed by atoms with Gasteiger partial charge in [0.25, 0.3) is 0 Å². The summed E-state index contributed by atoms with van der Waals surface area (Å²) in [6, 6.07) is 3.95. The van der Waals surface area contributed by atoms with Gasteiger partial charge in [0, 0.05) is 37.3 Å². The summed E-state index contributed by atoms with van der Waals surface area (Å²) in [6.45, 7) is 9.62. The minimum absolute atomic E-state index is 0.390. The smallest absolute Gasteiger partial charge is 0.337 e. The van der Waals surface area contributed by atoms with Crippen LogP contribution in [0.5, 0.6) is 0 Å². The van der Waals surface area contributed by atoms with Gasteiger partial charge in [-0.3, -0.25) is 0 Å². The molecule has 5 nitrogen and oxygen atoms in total. The molecule has 2 aromatic rings. The van der Waals surface area contributed by atoms with E-state index < -0.39 is 5.97 Å². The fraction of sp³-hybridized carbons (Fsp3) is 0.526. The monoisotopic (exact) mass is 329 g/mol. The zero-order valence-corrected chi connectivity index (χ0v) is 14.6. The summed E-state index contributed by atoms with van der Waals surface area (Å²) in [7, 11) is 0. The lowest BCUT2D eigenvalue weighted by molar-refractivity contribution is 0.0698. The number of aryl methyl sites for hydroxylation is 3. The first kappa shape index (κ1) is 17.0. The summed E-state index contributed by atoms with van der Waals surface area (Å²) in [5.74, 6) is -0.857. The third kappa shape index (κ3) is 3.47.